The van der Waals surface area contributed by atoms with E-state index in [1.54, 1.807) is 12.4 Å². The van der Waals surface area contributed by atoms with Crippen LogP contribution in [-0.4, -0.2) is 29.3 Å². The molecule has 0 unspecified atom stereocenters. The Morgan fingerprint density at radius 3 is 2.73 bits per heavy atom. The lowest BCUT2D eigenvalue weighted by Crippen LogP contribution is -2.04. The molecule has 0 bridgehead atoms. The topological polar surface area (TPSA) is 59.4 Å². The quantitative estimate of drug-likeness (QED) is 0.691. The molecule has 0 aliphatic rings. The van der Waals surface area contributed by atoms with Crippen molar-refractivity contribution in [3.05, 3.63) is 30.1 Å². The van der Waals surface area contributed by atoms with Crippen LogP contribution in [0.25, 0.3) is 0 Å². The third-order valence-electron chi connectivity index (χ3n) is 1.96. The van der Waals surface area contributed by atoms with E-state index in [1.165, 1.54) is 5.56 Å². The van der Waals surface area contributed by atoms with Crippen LogP contribution in [0.1, 0.15) is 18.4 Å². The maximum atomic E-state index is 10.2. The number of hydrogen-bond acceptors (Lipinski definition) is 3. The third kappa shape index (κ3) is 5.80. The zero-order chi connectivity index (χ0) is 10.9. The van der Waals surface area contributed by atoms with Crippen molar-refractivity contribution in [3.8, 4) is 0 Å². The molecular formula is C11H15NO3. The minimum atomic E-state index is -0.816. The molecule has 15 heavy (non-hydrogen) atoms. The Hall–Kier alpha value is -1.42. The molecule has 82 valence electrons. The molecule has 1 heterocycles. The van der Waals surface area contributed by atoms with Crippen LogP contribution in [0.4, 0.5) is 0 Å². The van der Waals surface area contributed by atoms with E-state index in [0.717, 1.165) is 12.8 Å². The number of aliphatic carboxylic acids is 1. The standard InChI is InChI=1S/C11H15NO3/c13-11(14)5-9-15-8-1-2-10-3-6-12-7-4-10/h3-4,6-7H,1-2,5,8-9H2,(H,13,14). The van der Waals surface area contributed by atoms with Gasteiger partial charge in [-0.25, -0.2) is 0 Å². The molecule has 4 nitrogen and oxygen atoms in total. The summed E-state index contributed by atoms with van der Waals surface area (Å²) < 4.78 is 5.17. The molecule has 1 aromatic heterocycles. The number of aromatic nitrogens is 1. The van der Waals surface area contributed by atoms with E-state index in [-0.39, 0.29) is 6.42 Å². The molecule has 0 aliphatic heterocycles. The minimum Gasteiger partial charge on any atom is -0.481 e. The summed E-state index contributed by atoms with van der Waals surface area (Å²) in [6, 6.07) is 3.94. The lowest BCUT2D eigenvalue weighted by Gasteiger charge is -2.02. The number of carboxylic acids is 1. The van der Waals surface area contributed by atoms with Gasteiger partial charge in [-0.15, -0.1) is 0 Å². The summed E-state index contributed by atoms with van der Waals surface area (Å²) in [5.74, 6) is -0.816. The van der Waals surface area contributed by atoms with E-state index in [4.69, 9.17) is 9.84 Å². The largest absolute Gasteiger partial charge is 0.481 e. The van der Waals surface area contributed by atoms with E-state index in [2.05, 4.69) is 4.98 Å². The van der Waals surface area contributed by atoms with E-state index in [0.29, 0.717) is 13.2 Å². The van der Waals surface area contributed by atoms with Gasteiger partial charge in [-0.3, -0.25) is 9.78 Å². The smallest absolute Gasteiger partial charge is 0.305 e. The molecule has 0 amide bonds. The molecule has 0 saturated heterocycles. The van der Waals surface area contributed by atoms with E-state index < -0.39 is 5.97 Å². The van der Waals surface area contributed by atoms with Crippen LogP contribution in [-0.2, 0) is 16.0 Å². The maximum Gasteiger partial charge on any atom is 0.305 e. The Labute approximate surface area is 88.9 Å². The number of ether oxygens (including phenoxy) is 1. The number of pyridine rings is 1. The van der Waals surface area contributed by atoms with Crippen LogP contribution in [0.2, 0.25) is 0 Å². The van der Waals surface area contributed by atoms with Crippen molar-refractivity contribution in [3.63, 3.8) is 0 Å². The number of hydrogen-bond donors (Lipinski definition) is 1. The summed E-state index contributed by atoms with van der Waals surface area (Å²) in [6.45, 7) is 0.904. The van der Waals surface area contributed by atoms with Gasteiger partial charge in [0.05, 0.1) is 13.0 Å². The van der Waals surface area contributed by atoms with Gasteiger partial charge in [0.2, 0.25) is 0 Å². The van der Waals surface area contributed by atoms with Crippen molar-refractivity contribution < 1.29 is 14.6 Å². The highest BCUT2D eigenvalue weighted by molar-refractivity contribution is 5.66. The van der Waals surface area contributed by atoms with Gasteiger partial charge in [0.15, 0.2) is 0 Å². The molecule has 0 atom stereocenters. The normalized spacial score (nSPS) is 10.1. The molecule has 0 aromatic carbocycles. The molecule has 0 fully saturated rings. The highest BCUT2D eigenvalue weighted by atomic mass is 16.5. The second-order valence-corrected chi connectivity index (χ2v) is 3.22. The number of carboxylic acid groups (broad SMARTS) is 1. The maximum absolute atomic E-state index is 10.2. The van der Waals surface area contributed by atoms with E-state index >= 15 is 0 Å². The molecule has 1 N–H and O–H groups in total. The Bertz CT molecular complexity index is 287. The zero-order valence-electron chi connectivity index (χ0n) is 8.56. The number of carbonyl (C=O) groups is 1. The lowest BCUT2D eigenvalue weighted by atomic mass is 10.1. The Kier molecular flexibility index (Phi) is 5.40. The monoisotopic (exact) mass is 209 g/mol. The molecule has 0 spiro atoms. The van der Waals surface area contributed by atoms with Crippen LogP contribution in [0.5, 0.6) is 0 Å². The first-order chi connectivity index (χ1) is 7.29. The highest BCUT2D eigenvalue weighted by Crippen LogP contribution is 2.00. The number of rotatable bonds is 7. The van der Waals surface area contributed by atoms with Crippen LogP contribution in [0.3, 0.4) is 0 Å². The van der Waals surface area contributed by atoms with Crippen LogP contribution in [0, 0.1) is 0 Å². The fraction of sp³-hybridized carbons (Fsp3) is 0.455. The van der Waals surface area contributed by atoms with Gasteiger partial charge in [0.25, 0.3) is 0 Å². The van der Waals surface area contributed by atoms with Crippen molar-refractivity contribution >= 4 is 5.97 Å². The van der Waals surface area contributed by atoms with Gasteiger partial charge in [-0.05, 0) is 30.5 Å². The summed E-state index contributed by atoms with van der Waals surface area (Å²) in [5.41, 5.74) is 1.23. The summed E-state index contributed by atoms with van der Waals surface area (Å²) in [6.07, 6.45) is 5.45. The first-order valence-electron chi connectivity index (χ1n) is 4.97. The molecule has 1 rings (SSSR count). The van der Waals surface area contributed by atoms with Gasteiger partial charge in [0, 0.05) is 19.0 Å². The Balaban J connectivity index is 2.00. The van der Waals surface area contributed by atoms with Crippen molar-refractivity contribution in [2.24, 2.45) is 0 Å². The highest BCUT2D eigenvalue weighted by Gasteiger charge is 1.96. The van der Waals surface area contributed by atoms with Crippen molar-refractivity contribution in [2.75, 3.05) is 13.2 Å². The second-order valence-electron chi connectivity index (χ2n) is 3.22. The third-order valence-corrected chi connectivity index (χ3v) is 1.96. The molecule has 4 heteroatoms. The summed E-state index contributed by atoms with van der Waals surface area (Å²) in [7, 11) is 0. The van der Waals surface area contributed by atoms with Crippen LogP contribution < -0.4 is 0 Å². The fourth-order valence-corrected chi connectivity index (χ4v) is 1.19. The second kappa shape index (κ2) is 6.95. The molecule has 1 aromatic rings. The van der Waals surface area contributed by atoms with Crippen LogP contribution in [0.15, 0.2) is 24.5 Å². The summed E-state index contributed by atoms with van der Waals surface area (Å²) in [4.78, 5) is 14.1. The minimum absolute atomic E-state index is 0.0786. The zero-order valence-corrected chi connectivity index (χ0v) is 8.56. The first-order valence-corrected chi connectivity index (χ1v) is 4.97. The van der Waals surface area contributed by atoms with E-state index in [1.807, 2.05) is 12.1 Å². The van der Waals surface area contributed by atoms with Crippen molar-refractivity contribution in [2.45, 2.75) is 19.3 Å². The van der Waals surface area contributed by atoms with Crippen molar-refractivity contribution in [1.82, 2.24) is 4.98 Å². The molecule has 0 saturated carbocycles. The number of aryl methyl sites for hydroxylation is 1. The predicted molar refractivity (Wildman–Crippen MR) is 55.6 cm³/mol. The average molecular weight is 209 g/mol. The van der Waals surface area contributed by atoms with E-state index in [9.17, 15) is 4.79 Å². The summed E-state index contributed by atoms with van der Waals surface area (Å²) >= 11 is 0. The Morgan fingerprint density at radius 1 is 1.33 bits per heavy atom. The number of nitrogens with zero attached hydrogens (tertiary/aromatic N) is 1. The summed E-state index contributed by atoms with van der Waals surface area (Å²) in [5, 5.41) is 8.36. The van der Waals surface area contributed by atoms with Crippen LogP contribution >= 0.6 is 0 Å². The van der Waals surface area contributed by atoms with Gasteiger partial charge >= 0.3 is 5.97 Å². The fourth-order valence-electron chi connectivity index (χ4n) is 1.19. The SMILES string of the molecule is O=C(O)CCOCCCc1ccncc1. The van der Waals surface area contributed by atoms with Gasteiger partial charge in [-0.2, -0.15) is 0 Å². The molecule has 0 radical (unpaired) electrons. The molecule has 0 aliphatic carbocycles. The molecular weight excluding hydrogens is 194 g/mol. The Morgan fingerprint density at radius 2 is 2.07 bits per heavy atom. The van der Waals surface area contributed by atoms with Gasteiger partial charge in [-0.1, -0.05) is 0 Å². The van der Waals surface area contributed by atoms with Gasteiger partial charge in [0.1, 0.15) is 0 Å². The average Bonchev–Trinajstić information content (AvgIpc) is 2.24. The lowest BCUT2D eigenvalue weighted by molar-refractivity contribution is -0.138. The predicted octanol–water partition coefficient (Wildman–Crippen LogP) is 1.51. The first kappa shape index (κ1) is 11.7. The van der Waals surface area contributed by atoms with Crippen molar-refractivity contribution in [1.29, 1.82) is 0 Å². The van der Waals surface area contributed by atoms with Gasteiger partial charge < -0.3 is 9.84 Å².